The largest absolute Gasteiger partial charge is 0.477 e. The Balaban J connectivity index is 1.62. The first-order valence-corrected chi connectivity index (χ1v) is 10.6. The Morgan fingerprint density at radius 2 is 2.22 bits per heavy atom. The number of carboxylic acid groups (broad SMARTS) is 1. The number of hydrogen-bond acceptors (Lipinski definition) is 7. The Hall–Kier alpha value is -1.68. The summed E-state index contributed by atoms with van der Waals surface area (Å²) < 4.78 is 0.758. The van der Waals surface area contributed by atoms with Gasteiger partial charge in [-0.25, -0.2) is 9.78 Å². The van der Waals surface area contributed by atoms with Crippen LogP contribution < -0.4 is 5.32 Å². The number of nitrogens with zero attached hydrogens (tertiary/aromatic N) is 2. The highest BCUT2D eigenvalue weighted by molar-refractivity contribution is 8.04. The van der Waals surface area contributed by atoms with Crippen molar-refractivity contribution in [1.82, 2.24) is 15.2 Å². The van der Waals surface area contributed by atoms with Crippen LogP contribution in [0, 0.1) is 11.8 Å². The molecule has 27 heavy (non-hydrogen) atoms. The molecule has 4 rings (SSSR count). The average Bonchev–Trinajstić information content (AvgIpc) is 3.27. The van der Waals surface area contributed by atoms with Crippen molar-refractivity contribution in [2.75, 3.05) is 6.54 Å². The van der Waals surface area contributed by atoms with Crippen molar-refractivity contribution >= 4 is 40.5 Å². The minimum atomic E-state index is -1.11. The van der Waals surface area contributed by atoms with Crippen LogP contribution in [0.4, 0.5) is 0 Å². The molecule has 3 N–H and O–H groups in total. The first kappa shape index (κ1) is 18.7. The van der Waals surface area contributed by atoms with Crippen molar-refractivity contribution in [3.8, 4) is 0 Å². The molecule has 5 atom stereocenters. The summed E-state index contributed by atoms with van der Waals surface area (Å²) in [6.07, 6.45) is 1.32. The van der Waals surface area contributed by atoms with Gasteiger partial charge in [0.1, 0.15) is 5.70 Å². The maximum Gasteiger partial charge on any atom is 0.353 e. The zero-order valence-electron chi connectivity index (χ0n) is 15.2. The van der Waals surface area contributed by atoms with Crippen molar-refractivity contribution in [3.05, 3.63) is 27.8 Å². The topological polar surface area (TPSA) is 103 Å². The summed E-state index contributed by atoms with van der Waals surface area (Å²) in [5.74, 6) is -2.13. The number of aromatic nitrogens is 1. The Bertz CT molecular complexity index is 876. The molecule has 3 aliphatic heterocycles. The van der Waals surface area contributed by atoms with Gasteiger partial charge in [-0.3, -0.25) is 4.79 Å². The van der Waals surface area contributed by atoms with Gasteiger partial charge in [0.05, 0.1) is 23.8 Å². The lowest BCUT2D eigenvalue weighted by Gasteiger charge is -2.46. The number of fused-ring (bicyclic) bond motifs is 1. The van der Waals surface area contributed by atoms with Gasteiger partial charge in [-0.1, -0.05) is 24.8 Å². The highest BCUT2D eigenvalue weighted by Gasteiger charge is 2.60. The number of aliphatic hydroxyl groups excluding tert-OH is 1. The molecule has 4 heterocycles. The third-order valence-corrected chi connectivity index (χ3v) is 7.72. The molecule has 0 saturated carbocycles. The average molecular weight is 408 g/mol. The maximum atomic E-state index is 12.4. The van der Waals surface area contributed by atoms with E-state index >= 15 is 0 Å². The monoisotopic (exact) mass is 407 g/mol. The molecule has 1 saturated heterocycles. The highest BCUT2D eigenvalue weighted by Crippen LogP contribution is 2.52. The summed E-state index contributed by atoms with van der Waals surface area (Å²) in [5.41, 5.74) is 2.09. The first-order chi connectivity index (χ1) is 12.8. The van der Waals surface area contributed by atoms with Gasteiger partial charge in [0.25, 0.3) is 0 Å². The summed E-state index contributed by atoms with van der Waals surface area (Å²) in [4.78, 5) is 30.9. The number of hydrogen-bond donors (Lipinski definition) is 3. The molecule has 1 unspecified atom stereocenters. The fraction of sp³-hybridized carbons (Fsp3) is 0.500. The van der Waals surface area contributed by atoms with Gasteiger partial charge in [0.2, 0.25) is 5.91 Å². The number of thiazole rings is 1. The van der Waals surface area contributed by atoms with E-state index in [4.69, 9.17) is 0 Å². The molecule has 3 aliphatic rings. The number of β-lactam (4-membered cyclic amide) rings is 1. The van der Waals surface area contributed by atoms with E-state index in [-0.39, 0.29) is 29.6 Å². The summed E-state index contributed by atoms with van der Waals surface area (Å²) >= 11 is 2.80. The normalized spacial score (nSPS) is 31.0. The van der Waals surface area contributed by atoms with Crippen LogP contribution in [0.15, 0.2) is 26.4 Å². The smallest absolute Gasteiger partial charge is 0.353 e. The van der Waals surface area contributed by atoms with E-state index < -0.39 is 18.0 Å². The van der Waals surface area contributed by atoms with Crippen molar-refractivity contribution in [3.63, 3.8) is 0 Å². The van der Waals surface area contributed by atoms with Crippen LogP contribution in [-0.2, 0) is 9.59 Å². The van der Waals surface area contributed by atoms with E-state index in [9.17, 15) is 19.8 Å². The van der Waals surface area contributed by atoms with Gasteiger partial charge in [0, 0.05) is 28.8 Å². The zero-order valence-corrected chi connectivity index (χ0v) is 16.8. The molecule has 144 valence electrons. The minimum absolute atomic E-state index is 0.0336. The summed E-state index contributed by atoms with van der Waals surface area (Å²) in [6, 6.07) is -0.0529. The molecule has 9 heteroatoms. The van der Waals surface area contributed by atoms with Crippen molar-refractivity contribution in [2.24, 2.45) is 11.8 Å². The van der Waals surface area contributed by atoms with Crippen LogP contribution in [0.3, 0.4) is 0 Å². The molecule has 7 nitrogen and oxygen atoms in total. The van der Waals surface area contributed by atoms with Gasteiger partial charge in [-0.2, -0.15) is 0 Å². The number of amides is 1. The van der Waals surface area contributed by atoms with Gasteiger partial charge in [-0.05, 0) is 19.4 Å². The number of thioether (sulfide) groups is 1. The van der Waals surface area contributed by atoms with Crippen molar-refractivity contribution < 1.29 is 19.8 Å². The standard InChI is InChI=1S/C18H21N3O4S2/c1-7-13-12(9(3)22)16(23)21(13)14(17(24)25)15(7)27-18-20-11(6-26-18)10-4-5-19-8(10)2/h4,6-9,12-13,19,22H,5H2,1-3H3,(H,24,25)/t7-,8-,9-,12-,13?/m1/s1. The highest BCUT2D eigenvalue weighted by atomic mass is 32.2. The number of carboxylic acids is 1. The van der Waals surface area contributed by atoms with Crippen LogP contribution in [0.1, 0.15) is 26.5 Å². The second-order valence-corrected chi connectivity index (χ2v) is 9.31. The molecule has 1 fully saturated rings. The number of aliphatic carboxylic acids is 1. The number of nitrogens with one attached hydrogen (secondary N) is 1. The lowest BCUT2D eigenvalue weighted by atomic mass is 9.79. The van der Waals surface area contributed by atoms with Crippen molar-refractivity contribution in [2.45, 2.75) is 43.3 Å². The predicted molar refractivity (Wildman–Crippen MR) is 103 cm³/mol. The lowest BCUT2D eigenvalue weighted by molar-refractivity contribution is -0.163. The molecule has 0 aliphatic carbocycles. The van der Waals surface area contributed by atoms with Gasteiger partial charge in [0.15, 0.2) is 4.34 Å². The Morgan fingerprint density at radius 1 is 1.48 bits per heavy atom. The van der Waals surface area contributed by atoms with Gasteiger partial charge in [-0.15, -0.1) is 11.3 Å². The third kappa shape index (κ3) is 2.84. The molecule has 0 bridgehead atoms. The van der Waals surface area contributed by atoms with E-state index in [0.29, 0.717) is 4.91 Å². The van der Waals surface area contributed by atoms with E-state index in [0.717, 1.165) is 22.2 Å². The van der Waals surface area contributed by atoms with Gasteiger partial charge >= 0.3 is 5.97 Å². The second-order valence-electron chi connectivity index (χ2n) is 7.16. The quantitative estimate of drug-likeness (QED) is 0.639. The van der Waals surface area contributed by atoms with Crippen molar-refractivity contribution in [1.29, 1.82) is 0 Å². The molecule has 0 aromatic carbocycles. The predicted octanol–water partition coefficient (Wildman–Crippen LogP) is 1.76. The van der Waals surface area contributed by atoms with Crippen LogP contribution in [0.25, 0.3) is 5.57 Å². The third-order valence-electron chi connectivity index (χ3n) is 5.50. The number of carbonyl (C=O) groups excluding carboxylic acids is 1. The minimum Gasteiger partial charge on any atom is -0.477 e. The molecule has 1 aromatic heterocycles. The Kier molecular flexibility index (Phi) is 4.66. The van der Waals surface area contributed by atoms with Gasteiger partial charge < -0.3 is 20.4 Å². The number of aliphatic hydroxyl groups is 1. The molecule has 0 spiro atoms. The zero-order chi connectivity index (χ0) is 19.5. The fourth-order valence-electron chi connectivity index (χ4n) is 4.15. The number of rotatable bonds is 5. The van der Waals surface area contributed by atoms with E-state index in [1.807, 2.05) is 12.3 Å². The second kappa shape index (κ2) is 6.73. The van der Waals surface area contributed by atoms with E-state index in [1.54, 1.807) is 6.92 Å². The summed E-state index contributed by atoms with van der Waals surface area (Å²) in [5, 5.41) is 24.9. The molecular weight excluding hydrogens is 386 g/mol. The van der Waals surface area contributed by atoms with Crippen LogP contribution in [0.2, 0.25) is 0 Å². The molecule has 1 aromatic rings. The SMILES string of the molecule is C[C@H]1NCC=C1c1csc(SC2=C(C(=O)O)N3C(=O)[C@H]([C@@H](C)O)C3[C@H]2C)n1. The Morgan fingerprint density at radius 3 is 2.81 bits per heavy atom. The maximum absolute atomic E-state index is 12.4. The van der Waals surface area contributed by atoms with E-state index in [2.05, 4.69) is 23.3 Å². The first-order valence-electron chi connectivity index (χ1n) is 8.87. The Labute approximate surface area is 165 Å². The fourth-order valence-corrected chi connectivity index (χ4v) is 6.24. The number of carbonyl (C=O) groups is 2. The summed E-state index contributed by atoms with van der Waals surface area (Å²) in [7, 11) is 0. The van der Waals surface area contributed by atoms with Crippen LogP contribution in [0.5, 0.6) is 0 Å². The van der Waals surface area contributed by atoms with Crippen LogP contribution >= 0.6 is 23.1 Å². The molecule has 0 radical (unpaired) electrons. The lowest BCUT2D eigenvalue weighted by Crippen LogP contribution is -2.63. The van der Waals surface area contributed by atoms with E-state index in [1.165, 1.54) is 28.0 Å². The summed E-state index contributed by atoms with van der Waals surface area (Å²) in [6.45, 7) is 6.40. The molecular formula is C18H21N3O4S2. The molecule has 1 amide bonds. The van der Waals surface area contributed by atoms with Crippen LogP contribution in [-0.4, -0.2) is 56.7 Å².